The summed E-state index contributed by atoms with van der Waals surface area (Å²) >= 11 is 3.09. The summed E-state index contributed by atoms with van der Waals surface area (Å²) in [5.41, 5.74) is 0.473. The van der Waals surface area contributed by atoms with E-state index in [9.17, 15) is 4.79 Å². The van der Waals surface area contributed by atoms with Crippen LogP contribution in [-0.2, 0) is 11.2 Å². The Bertz CT molecular complexity index is 740. The van der Waals surface area contributed by atoms with Crippen molar-refractivity contribution in [2.45, 2.75) is 13.3 Å². The zero-order valence-corrected chi connectivity index (χ0v) is 12.3. The van der Waals surface area contributed by atoms with E-state index in [2.05, 4.69) is 4.98 Å². The Morgan fingerprint density at radius 1 is 1.35 bits per heavy atom. The average molecular weight is 305 g/mol. The number of aliphatic carboxylic acids is 1. The van der Waals surface area contributed by atoms with E-state index >= 15 is 0 Å². The first kappa shape index (κ1) is 13.1. The van der Waals surface area contributed by atoms with Gasteiger partial charge in [-0.15, -0.1) is 22.7 Å². The number of aryl methyl sites for hydroxylation is 1. The maximum atomic E-state index is 11.0. The Kier molecular flexibility index (Phi) is 3.42. The average Bonchev–Trinajstić information content (AvgIpc) is 3.07. The molecule has 0 aliphatic rings. The topological polar surface area (TPSA) is 63.3 Å². The monoisotopic (exact) mass is 305 g/mol. The van der Waals surface area contributed by atoms with Crippen molar-refractivity contribution in [1.29, 1.82) is 0 Å². The van der Waals surface area contributed by atoms with Crippen LogP contribution in [0.15, 0.2) is 34.1 Å². The fraction of sp³-hybridized carbons (Fsp3) is 0.143. The molecule has 102 valence electrons. The van der Waals surface area contributed by atoms with Gasteiger partial charge in [0.2, 0.25) is 5.89 Å². The second-order valence-electron chi connectivity index (χ2n) is 4.25. The molecule has 0 saturated carbocycles. The van der Waals surface area contributed by atoms with Gasteiger partial charge in [-0.1, -0.05) is 6.07 Å². The molecule has 1 N–H and O–H groups in total. The third-order valence-electron chi connectivity index (χ3n) is 2.71. The van der Waals surface area contributed by atoms with Crippen LogP contribution in [0.25, 0.3) is 21.4 Å². The first-order chi connectivity index (χ1) is 9.63. The zero-order valence-electron chi connectivity index (χ0n) is 10.6. The molecule has 0 saturated heterocycles. The molecular weight excluding hydrogens is 294 g/mol. The van der Waals surface area contributed by atoms with Crippen molar-refractivity contribution >= 4 is 28.6 Å². The first-order valence-electron chi connectivity index (χ1n) is 5.95. The SMILES string of the molecule is Cc1ccc(-c2nc(CC(=O)O)c(-c3cccs3)o2)s1. The van der Waals surface area contributed by atoms with Crippen LogP contribution >= 0.6 is 22.7 Å². The molecule has 4 nitrogen and oxygen atoms in total. The number of carbonyl (C=O) groups is 1. The van der Waals surface area contributed by atoms with Gasteiger partial charge in [0, 0.05) is 4.88 Å². The third-order valence-corrected chi connectivity index (χ3v) is 4.57. The van der Waals surface area contributed by atoms with Crippen LogP contribution in [0.3, 0.4) is 0 Å². The molecule has 3 heterocycles. The van der Waals surface area contributed by atoms with E-state index in [0.29, 0.717) is 17.3 Å². The van der Waals surface area contributed by atoms with Crippen LogP contribution in [0.4, 0.5) is 0 Å². The van der Waals surface area contributed by atoms with Gasteiger partial charge in [0.25, 0.3) is 0 Å². The molecule has 0 unspecified atom stereocenters. The molecule has 20 heavy (non-hydrogen) atoms. The van der Waals surface area contributed by atoms with Crippen LogP contribution in [-0.4, -0.2) is 16.1 Å². The molecule has 0 atom stereocenters. The van der Waals surface area contributed by atoms with Crippen molar-refractivity contribution in [2.24, 2.45) is 0 Å². The van der Waals surface area contributed by atoms with Crippen molar-refractivity contribution in [3.63, 3.8) is 0 Å². The van der Waals surface area contributed by atoms with E-state index in [4.69, 9.17) is 9.52 Å². The number of thiophene rings is 2. The third kappa shape index (κ3) is 2.52. The molecule has 3 aromatic rings. The molecule has 0 aliphatic heterocycles. The van der Waals surface area contributed by atoms with Gasteiger partial charge in [0.15, 0.2) is 5.76 Å². The van der Waals surface area contributed by atoms with Crippen molar-refractivity contribution < 1.29 is 14.3 Å². The maximum Gasteiger partial charge on any atom is 0.309 e. The van der Waals surface area contributed by atoms with Gasteiger partial charge in [-0.25, -0.2) is 4.98 Å². The number of hydrogen-bond acceptors (Lipinski definition) is 5. The van der Waals surface area contributed by atoms with Crippen LogP contribution in [0, 0.1) is 6.92 Å². The summed E-state index contributed by atoms with van der Waals surface area (Å²) < 4.78 is 5.81. The largest absolute Gasteiger partial charge is 0.481 e. The Hall–Kier alpha value is -1.92. The molecule has 0 amide bonds. The Balaban J connectivity index is 2.08. The Morgan fingerprint density at radius 2 is 2.20 bits per heavy atom. The van der Waals surface area contributed by atoms with Gasteiger partial charge in [0.1, 0.15) is 0 Å². The second kappa shape index (κ2) is 5.22. The summed E-state index contributed by atoms with van der Waals surface area (Å²) in [5, 5.41) is 10.9. The second-order valence-corrected chi connectivity index (χ2v) is 6.49. The van der Waals surface area contributed by atoms with Gasteiger partial charge in [-0.05, 0) is 30.5 Å². The number of aromatic nitrogens is 1. The van der Waals surface area contributed by atoms with Crippen molar-refractivity contribution in [2.75, 3.05) is 0 Å². The minimum absolute atomic E-state index is 0.138. The summed E-state index contributed by atoms with van der Waals surface area (Å²) in [6.45, 7) is 2.01. The van der Waals surface area contributed by atoms with E-state index in [1.54, 1.807) is 11.3 Å². The smallest absolute Gasteiger partial charge is 0.309 e. The molecule has 0 aliphatic carbocycles. The van der Waals surface area contributed by atoms with E-state index in [-0.39, 0.29) is 6.42 Å². The van der Waals surface area contributed by atoms with Crippen LogP contribution in [0.1, 0.15) is 10.6 Å². The first-order valence-corrected chi connectivity index (χ1v) is 7.65. The lowest BCUT2D eigenvalue weighted by molar-refractivity contribution is -0.136. The van der Waals surface area contributed by atoms with E-state index in [1.807, 2.05) is 36.6 Å². The van der Waals surface area contributed by atoms with Gasteiger partial charge in [0.05, 0.1) is 21.9 Å². The van der Waals surface area contributed by atoms with E-state index < -0.39 is 5.97 Å². The molecule has 0 fully saturated rings. The predicted octanol–water partition coefficient (Wildman–Crippen LogP) is 4.07. The van der Waals surface area contributed by atoms with Gasteiger partial charge in [-0.3, -0.25) is 4.79 Å². The lowest BCUT2D eigenvalue weighted by Crippen LogP contribution is -2.01. The highest BCUT2D eigenvalue weighted by atomic mass is 32.1. The molecule has 3 rings (SSSR count). The maximum absolute atomic E-state index is 11.0. The summed E-state index contributed by atoms with van der Waals surface area (Å²) in [6, 6.07) is 7.74. The number of rotatable bonds is 4. The highest BCUT2D eigenvalue weighted by Crippen LogP contribution is 2.35. The van der Waals surface area contributed by atoms with Crippen molar-refractivity contribution in [3.05, 3.63) is 40.2 Å². The standard InChI is InChI=1S/C14H11NO3S2/c1-8-4-5-11(20-8)14-15-9(7-12(16)17)13(18-14)10-3-2-6-19-10/h2-6H,7H2,1H3,(H,16,17). The van der Waals surface area contributed by atoms with E-state index in [0.717, 1.165) is 14.6 Å². The molecule has 0 radical (unpaired) electrons. The molecular formula is C14H11NO3S2. The molecule has 0 bridgehead atoms. The van der Waals surface area contributed by atoms with Gasteiger partial charge in [-0.2, -0.15) is 0 Å². The van der Waals surface area contributed by atoms with Crippen molar-refractivity contribution in [3.8, 4) is 21.4 Å². The lowest BCUT2D eigenvalue weighted by Gasteiger charge is -1.93. The highest BCUT2D eigenvalue weighted by Gasteiger charge is 2.19. The minimum Gasteiger partial charge on any atom is -0.481 e. The van der Waals surface area contributed by atoms with Crippen LogP contribution < -0.4 is 0 Å². The summed E-state index contributed by atoms with van der Waals surface area (Å²) in [5.74, 6) is 0.135. The molecule has 3 aromatic heterocycles. The Labute approximate surface area is 123 Å². The van der Waals surface area contributed by atoms with Gasteiger partial charge < -0.3 is 9.52 Å². The minimum atomic E-state index is -0.912. The number of hydrogen-bond donors (Lipinski definition) is 1. The van der Waals surface area contributed by atoms with Crippen molar-refractivity contribution in [1.82, 2.24) is 4.98 Å². The predicted molar refractivity (Wildman–Crippen MR) is 79.2 cm³/mol. The van der Waals surface area contributed by atoms with E-state index in [1.165, 1.54) is 11.3 Å². The fourth-order valence-electron chi connectivity index (χ4n) is 1.87. The fourth-order valence-corrected chi connectivity index (χ4v) is 3.39. The zero-order chi connectivity index (χ0) is 14.1. The Morgan fingerprint density at radius 3 is 2.80 bits per heavy atom. The lowest BCUT2D eigenvalue weighted by atomic mass is 10.2. The van der Waals surface area contributed by atoms with Gasteiger partial charge >= 0.3 is 5.97 Å². The highest BCUT2D eigenvalue weighted by molar-refractivity contribution is 7.15. The normalized spacial score (nSPS) is 10.8. The van der Waals surface area contributed by atoms with Crippen LogP contribution in [0.5, 0.6) is 0 Å². The van der Waals surface area contributed by atoms with Crippen LogP contribution in [0.2, 0.25) is 0 Å². The quantitative estimate of drug-likeness (QED) is 0.789. The number of nitrogens with zero attached hydrogens (tertiary/aromatic N) is 1. The number of oxazole rings is 1. The summed E-state index contributed by atoms with van der Waals surface area (Å²) in [4.78, 5) is 18.3. The molecule has 0 aromatic carbocycles. The number of carboxylic acid groups (broad SMARTS) is 1. The summed E-state index contributed by atoms with van der Waals surface area (Å²) in [6.07, 6.45) is -0.138. The summed E-state index contributed by atoms with van der Waals surface area (Å²) in [7, 11) is 0. The molecule has 6 heteroatoms. The number of carboxylic acids is 1. The molecule has 0 spiro atoms.